The normalized spacial score (nSPS) is 15.6. The minimum Gasteiger partial charge on any atom is -0.456 e. The number of methoxy groups -OCH3 is 1. The van der Waals surface area contributed by atoms with Crippen molar-refractivity contribution in [2.24, 2.45) is 0 Å². The van der Waals surface area contributed by atoms with Gasteiger partial charge in [-0.15, -0.1) is 11.8 Å². The van der Waals surface area contributed by atoms with Gasteiger partial charge >= 0.3 is 18.2 Å². The summed E-state index contributed by atoms with van der Waals surface area (Å²) in [6, 6.07) is 2.11. The number of esters is 1. The summed E-state index contributed by atoms with van der Waals surface area (Å²) in [7, 11) is 1.44. The number of benzene rings is 1. The molecule has 1 aliphatic heterocycles. The summed E-state index contributed by atoms with van der Waals surface area (Å²) in [4.78, 5) is 47.3. The molecule has 0 bridgehead atoms. The number of imide groups is 1. The third-order valence-corrected chi connectivity index (χ3v) is 4.96. The average Bonchev–Trinajstić information content (AvgIpc) is 2.66. The van der Waals surface area contributed by atoms with Gasteiger partial charge in [-0.25, -0.2) is 4.79 Å². The van der Waals surface area contributed by atoms with Crippen LogP contribution in [0.1, 0.15) is 12.0 Å². The molecule has 1 atom stereocenters. The number of rotatable bonds is 7. The molecule has 1 unspecified atom stereocenters. The molecule has 1 aromatic rings. The highest BCUT2D eigenvalue weighted by Crippen LogP contribution is 2.40. The minimum atomic E-state index is -4.55. The molecule has 0 saturated carbocycles. The van der Waals surface area contributed by atoms with Crippen LogP contribution in [-0.2, 0) is 30.0 Å². The van der Waals surface area contributed by atoms with Gasteiger partial charge < -0.3 is 20.1 Å². The Kier molecular flexibility index (Phi) is 8.06. The summed E-state index contributed by atoms with van der Waals surface area (Å²) in [6.45, 7) is -0.311. The lowest BCUT2D eigenvalue weighted by molar-refractivity contribution is -0.148. The molecule has 0 spiro atoms. The van der Waals surface area contributed by atoms with Crippen LogP contribution in [0.3, 0.4) is 0 Å². The summed E-state index contributed by atoms with van der Waals surface area (Å²) in [5.41, 5.74) is -0.902. The number of hydrogen-bond acceptors (Lipinski definition) is 7. The van der Waals surface area contributed by atoms with Gasteiger partial charge in [-0.05, 0) is 18.2 Å². The highest BCUT2D eigenvalue weighted by Gasteiger charge is 2.34. The van der Waals surface area contributed by atoms with E-state index in [4.69, 9.17) is 9.47 Å². The fourth-order valence-corrected chi connectivity index (χ4v) is 3.37. The molecule has 1 aliphatic rings. The van der Waals surface area contributed by atoms with E-state index in [0.717, 1.165) is 23.9 Å². The van der Waals surface area contributed by atoms with Crippen LogP contribution in [-0.4, -0.2) is 55.9 Å². The molecule has 1 aromatic carbocycles. The summed E-state index contributed by atoms with van der Waals surface area (Å²) >= 11 is 0.912. The van der Waals surface area contributed by atoms with Crippen LogP contribution in [0.25, 0.3) is 0 Å². The fraction of sp³-hybridized carbons (Fsp3) is 0.412. The maximum atomic E-state index is 12.8. The molecule has 3 N–H and O–H groups in total. The third-order valence-electron chi connectivity index (χ3n) is 3.69. The van der Waals surface area contributed by atoms with Crippen LogP contribution in [0.4, 0.5) is 23.7 Å². The fourth-order valence-electron chi connectivity index (χ4n) is 2.29. The smallest absolute Gasteiger partial charge is 0.416 e. The topological polar surface area (TPSA) is 123 Å². The van der Waals surface area contributed by atoms with Crippen molar-refractivity contribution in [1.82, 2.24) is 10.6 Å². The van der Waals surface area contributed by atoms with Gasteiger partial charge in [-0.3, -0.25) is 19.7 Å². The average molecular weight is 449 g/mol. The number of hydrogen-bond donors (Lipinski definition) is 3. The van der Waals surface area contributed by atoms with E-state index in [1.165, 1.54) is 13.2 Å². The Bertz CT molecular complexity index is 833. The van der Waals surface area contributed by atoms with Gasteiger partial charge in [0, 0.05) is 18.6 Å². The Balaban J connectivity index is 1.83. The van der Waals surface area contributed by atoms with Crippen LogP contribution in [0.15, 0.2) is 23.1 Å². The summed E-state index contributed by atoms with van der Waals surface area (Å²) in [5, 5.41) is 5.66. The number of halogens is 3. The van der Waals surface area contributed by atoms with Gasteiger partial charge in [-0.1, -0.05) is 0 Å². The van der Waals surface area contributed by atoms with Gasteiger partial charge in [0.2, 0.25) is 5.91 Å². The predicted octanol–water partition coefficient (Wildman–Crippen LogP) is 1.52. The van der Waals surface area contributed by atoms with Gasteiger partial charge in [0.1, 0.15) is 0 Å². The zero-order valence-corrected chi connectivity index (χ0v) is 16.4. The van der Waals surface area contributed by atoms with E-state index in [1.807, 2.05) is 5.32 Å². The molecule has 1 heterocycles. The maximum absolute atomic E-state index is 12.8. The second-order valence-corrected chi connectivity index (χ2v) is 7.21. The number of anilines is 1. The molecule has 0 saturated heterocycles. The lowest BCUT2D eigenvalue weighted by Gasteiger charge is -2.24. The first kappa shape index (κ1) is 23.5. The van der Waals surface area contributed by atoms with Crippen molar-refractivity contribution in [1.29, 1.82) is 0 Å². The van der Waals surface area contributed by atoms with E-state index in [0.29, 0.717) is 4.90 Å². The zero-order chi connectivity index (χ0) is 22.3. The molecule has 2 rings (SSSR count). The van der Waals surface area contributed by atoms with Crippen LogP contribution in [0.2, 0.25) is 0 Å². The van der Waals surface area contributed by atoms with E-state index in [9.17, 15) is 32.3 Å². The third kappa shape index (κ3) is 6.91. The van der Waals surface area contributed by atoms with Gasteiger partial charge in [0.05, 0.1) is 29.5 Å². The highest BCUT2D eigenvalue weighted by molar-refractivity contribution is 8.01. The van der Waals surface area contributed by atoms with Crippen molar-refractivity contribution in [2.75, 3.05) is 32.2 Å². The van der Waals surface area contributed by atoms with E-state index in [2.05, 4.69) is 10.6 Å². The minimum absolute atomic E-state index is 0.00306. The Hall–Kier alpha value is -2.80. The number of thioether (sulfide) groups is 1. The first-order chi connectivity index (χ1) is 14.1. The van der Waals surface area contributed by atoms with Crippen LogP contribution >= 0.6 is 11.8 Å². The Morgan fingerprint density at radius 2 is 2.00 bits per heavy atom. The van der Waals surface area contributed by atoms with Gasteiger partial charge in [0.15, 0.2) is 6.61 Å². The van der Waals surface area contributed by atoms with E-state index < -0.39 is 53.8 Å². The van der Waals surface area contributed by atoms with Crippen LogP contribution < -0.4 is 16.0 Å². The van der Waals surface area contributed by atoms with Gasteiger partial charge in [0.25, 0.3) is 5.91 Å². The number of ether oxygens (including phenoxy) is 2. The van der Waals surface area contributed by atoms with E-state index in [1.54, 1.807) is 0 Å². The molecule has 4 amide bonds. The van der Waals surface area contributed by atoms with Crippen LogP contribution in [0, 0.1) is 0 Å². The SMILES string of the molecule is COCCNC(=O)NC(=O)COC(=O)CC1Sc2ccc(C(F)(F)F)cc2NC1=O. The first-order valence-electron chi connectivity index (χ1n) is 8.51. The Morgan fingerprint density at radius 1 is 1.27 bits per heavy atom. The number of nitrogens with one attached hydrogen (secondary N) is 3. The molecule has 0 radical (unpaired) electrons. The van der Waals surface area contributed by atoms with E-state index in [-0.39, 0.29) is 18.8 Å². The lowest BCUT2D eigenvalue weighted by atomic mass is 10.1. The zero-order valence-electron chi connectivity index (χ0n) is 15.6. The quantitative estimate of drug-likeness (QED) is 0.426. The molecule has 164 valence electrons. The van der Waals surface area contributed by atoms with Crippen molar-refractivity contribution in [2.45, 2.75) is 22.7 Å². The molecular weight excluding hydrogens is 431 g/mol. The summed E-state index contributed by atoms with van der Waals surface area (Å²) in [6.07, 6.45) is -4.96. The van der Waals surface area contributed by atoms with Crippen molar-refractivity contribution in [3.8, 4) is 0 Å². The molecule has 0 fully saturated rings. The maximum Gasteiger partial charge on any atom is 0.416 e. The molecule has 30 heavy (non-hydrogen) atoms. The second-order valence-electron chi connectivity index (χ2n) is 5.97. The predicted molar refractivity (Wildman–Crippen MR) is 98.7 cm³/mol. The number of carbonyl (C=O) groups is 4. The number of urea groups is 1. The molecule has 9 nitrogen and oxygen atoms in total. The number of fused-ring (bicyclic) bond motifs is 1. The van der Waals surface area contributed by atoms with Gasteiger partial charge in [-0.2, -0.15) is 13.2 Å². The standard InChI is InChI=1S/C17H18F3N3O6S/c1-28-5-4-21-16(27)23-13(24)8-29-14(25)7-12-15(26)22-10-6-9(17(18,19)20)2-3-11(10)30-12/h2-3,6,12H,4-5,7-8H2,1H3,(H,22,26)(H2,21,23,24,27). The van der Waals surface area contributed by atoms with Crippen molar-refractivity contribution in [3.63, 3.8) is 0 Å². The molecule has 0 aromatic heterocycles. The number of carbonyl (C=O) groups excluding carboxylic acids is 4. The Labute approximate surface area is 173 Å². The summed E-state index contributed by atoms with van der Waals surface area (Å²) < 4.78 is 47.8. The summed E-state index contributed by atoms with van der Waals surface area (Å²) in [5.74, 6) is -2.41. The second kappa shape index (κ2) is 10.3. The molecule has 13 heteroatoms. The highest BCUT2D eigenvalue weighted by atomic mass is 32.2. The van der Waals surface area contributed by atoms with Crippen LogP contribution in [0.5, 0.6) is 0 Å². The number of amides is 4. The Morgan fingerprint density at radius 3 is 2.67 bits per heavy atom. The number of alkyl halides is 3. The van der Waals surface area contributed by atoms with E-state index >= 15 is 0 Å². The lowest BCUT2D eigenvalue weighted by Crippen LogP contribution is -2.42. The first-order valence-corrected chi connectivity index (χ1v) is 9.39. The largest absolute Gasteiger partial charge is 0.456 e. The van der Waals surface area contributed by atoms with Crippen molar-refractivity contribution < 1.29 is 41.8 Å². The molecule has 0 aliphatic carbocycles. The monoisotopic (exact) mass is 449 g/mol. The van der Waals surface area contributed by atoms with Crippen molar-refractivity contribution >= 4 is 41.3 Å². The van der Waals surface area contributed by atoms with Crippen molar-refractivity contribution in [3.05, 3.63) is 23.8 Å². The molecular formula is C17H18F3N3O6S.